The van der Waals surface area contributed by atoms with E-state index in [1.165, 1.54) is 0 Å². The minimum Gasteiger partial charge on any atom is -0.383 e. The number of nitrogen functional groups attached to an aromatic ring is 1. The van der Waals surface area contributed by atoms with E-state index in [1.807, 2.05) is 29.6 Å². The Morgan fingerprint density at radius 3 is 2.94 bits per heavy atom. The number of nitrogens with zero attached hydrogens (tertiary/aromatic N) is 2. The van der Waals surface area contributed by atoms with Gasteiger partial charge < -0.3 is 5.73 Å². The zero-order valence-corrected chi connectivity index (χ0v) is 9.79. The van der Waals surface area contributed by atoms with Crippen molar-refractivity contribution in [3.63, 3.8) is 0 Å². The lowest BCUT2D eigenvalue weighted by molar-refractivity contribution is 1.20. The highest BCUT2D eigenvalue weighted by molar-refractivity contribution is 7.13. The summed E-state index contributed by atoms with van der Waals surface area (Å²) in [7, 11) is 0. The fourth-order valence-corrected chi connectivity index (χ4v) is 2.51. The largest absolute Gasteiger partial charge is 0.383 e. The first-order valence-electron chi connectivity index (χ1n) is 4.72. The summed E-state index contributed by atoms with van der Waals surface area (Å²) in [5, 5.41) is 2.65. The highest BCUT2D eigenvalue weighted by Gasteiger charge is 2.11. The minimum absolute atomic E-state index is 0.625. The van der Waals surface area contributed by atoms with Gasteiger partial charge >= 0.3 is 0 Å². The maximum absolute atomic E-state index is 6.05. The van der Waals surface area contributed by atoms with Gasteiger partial charge in [0.2, 0.25) is 0 Å². The van der Waals surface area contributed by atoms with Crippen LogP contribution in [-0.2, 0) is 0 Å². The standard InChI is InChI=1S/C11H8ClN3S/c12-7-3-4-9-14-10(8-2-1-5-16-8)11(13)15(9)6-7/h1-6H,13H2. The topological polar surface area (TPSA) is 43.3 Å². The summed E-state index contributed by atoms with van der Waals surface area (Å²) >= 11 is 7.54. The second kappa shape index (κ2) is 3.50. The van der Waals surface area contributed by atoms with Gasteiger partial charge in [0.05, 0.1) is 9.90 Å². The van der Waals surface area contributed by atoms with Gasteiger partial charge in [-0.15, -0.1) is 11.3 Å². The predicted octanol–water partition coefficient (Wildman–Crippen LogP) is 3.30. The summed E-state index contributed by atoms with van der Waals surface area (Å²) in [5.74, 6) is 0.625. The van der Waals surface area contributed by atoms with Crippen molar-refractivity contribution in [2.45, 2.75) is 0 Å². The fourth-order valence-electron chi connectivity index (χ4n) is 1.63. The number of rotatable bonds is 1. The molecule has 0 saturated carbocycles. The molecule has 0 spiro atoms. The van der Waals surface area contributed by atoms with Crippen LogP contribution in [0.1, 0.15) is 0 Å². The Bertz CT molecular complexity index is 643. The molecule has 0 amide bonds. The van der Waals surface area contributed by atoms with Gasteiger partial charge in [-0.05, 0) is 23.6 Å². The number of nitrogens with two attached hydrogens (primary N) is 1. The molecule has 0 aromatic carbocycles. The molecular formula is C11H8ClN3S. The van der Waals surface area contributed by atoms with Gasteiger partial charge in [0, 0.05) is 6.20 Å². The van der Waals surface area contributed by atoms with E-state index in [9.17, 15) is 0 Å². The van der Waals surface area contributed by atoms with Gasteiger partial charge in [0.25, 0.3) is 0 Å². The number of pyridine rings is 1. The van der Waals surface area contributed by atoms with Crippen molar-refractivity contribution >= 4 is 34.4 Å². The van der Waals surface area contributed by atoms with E-state index in [4.69, 9.17) is 17.3 Å². The quantitative estimate of drug-likeness (QED) is 0.719. The van der Waals surface area contributed by atoms with Crippen LogP contribution in [0.3, 0.4) is 0 Å². The predicted molar refractivity (Wildman–Crippen MR) is 67.9 cm³/mol. The lowest BCUT2D eigenvalue weighted by Crippen LogP contribution is -1.93. The third-order valence-electron chi connectivity index (χ3n) is 2.37. The molecule has 2 N–H and O–H groups in total. The molecule has 0 atom stereocenters. The maximum Gasteiger partial charge on any atom is 0.139 e. The number of halogens is 1. The van der Waals surface area contributed by atoms with Crippen LogP contribution < -0.4 is 5.73 Å². The third-order valence-corrected chi connectivity index (χ3v) is 3.47. The van der Waals surface area contributed by atoms with Crippen LogP contribution in [0, 0.1) is 0 Å². The Kier molecular flexibility index (Phi) is 2.12. The van der Waals surface area contributed by atoms with Crippen LogP contribution in [0.2, 0.25) is 5.02 Å². The summed E-state index contributed by atoms with van der Waals surface area (Å²) in [6.07, 6.45) is 1.77. The highest BCUT2D eigenvalue weighted by atomic mass is 35.5. The molecule has 0 aliphatic rings. The molecule has 80 valence electrons. The zero-order chi connectivity index (χ0) is 11.1. The van der Waals surface area contributed by atoms with Crippen LogP contribution in [0.4, 0.5) is 5.82 Å². The number of fused-ring (bicyclic) bond motifs is 1. The molecular weight excluding hydrogens is 242 g/mol. The van der Waals surface area contributed by atoms with E-state index in [0.29, 0.717) is 10.8 Å². The monoisotopic (exact) mass is 249 g/mol. The average Bonchev–Trinajstić information content (AvgIpc) is 2.87. The minimum atomic E-state index is 0.625. The molecule has 0 unspecified atom stereocenters. The van der Waals surface area contributed by atoms with Crippen LogP contribution in [0.15, 0.2) is 35.8 Å². The van der Waals surface area contributed by atoms with E-state index >= 15 is 0 Å². The molecule has 0 aliphatic heterocycles. The molecule has 5 heteroatoms. The molecule has 0 fully saturated rings. The van der Waals surface area contributed by atoms with Gasteiger partial charge in [0.15, 0.2) is 0 Å². The molecule has 3 aromatic heterocycles. The number of thiophene rings is 1. The summed E-state index contributed by atoms with van der Waals surface area (Å²) in [4.78, 5) is 5.55. The first-order valence-corrected chi connectivity index (χ1v) is 5.98. The summed E-state index contributed by atoms with van der Waals surface area (Å²) < 4.78 is 1.80. The fraction of sp³-hybridized carbons (Fsp3) is 0. The smallest absolute Gasteiger partial charge is 0.139 e. The van der Waals surface area contributed by atoms with Crippen molar-refractivity contribution in [3.8, 4) is 10.6 Å². The van der Waals surface area contributed by atoms with Gasteiger partial charge in [-0.2, -0.15) is 0 Å². The van der Waals surface area contributed by atoms with Crippen LogP contribution in [0.5, 0.6) is 0 Å². The Morgan fingerprint density at radius 1 is 1.31 bits per heavy atom. The molecule has 3 heterocycles. The Balaban J connectivity index is 2.32. The number of hydrogen-bond acceptors (Lipinski definition) is 3. The summed E-state index contributed by atoms with van der Waals surface area (Å²) in [6.45, 7) is 0. The van der Waals surface area contributed by atoms with Crippen molar-refractivity contribution in [2.75, 3.05) is 5.73 Å². The van der Waals surface area contributed by atoms with Crippen LogP contribution in [0.25, 0.3) is 16.2 Å². The Morgan fingerprint density at radius 2 is 2.19 bits per heavy atom. The van der Waals surface area contributed by atoms with Crippen molar-refractivity contribution < 1.29 is 0 Å². The molecule has 3 rings (SSSR count). The van der Waals surface area contributed by atoms with E-state index in [0.717, 1.165) is 16.2 Å². The molecule has 0 aliphatic carbocycles. The average molecular weight is 250 g/mol. The lowest BCUT2D eigenvalue weighted by Gasteiger charge is -1.96. The molecule has 0 radical (unpaired) electrons. The first kappa shape index (κ1) is 9.69. The Labute approximate surface area is 101 Å². The van der Waals surface area contributed by atoms with Crippen molar-refractivity contribution in [3.05, 3.63) is 40.9 Å². The summed E-state index contributed by atoms with van der Waals surface area (Å²) in [5.41, 5.74) is 7.67. The van der Waals surface area contributed by atoms with Crippen LogP contribution in [-0.4, -0.2) is 9.38 Å². The van der Waals surface area contributed by atoms with Gasteiger partial charge in [0.1, 0.15) is 17.2 Å². The van der Waals surface area contributed by atoms with E-state index in [-0.39, 0.29) is 0 Å². The van der Waals surface area contributed by atoms with Crippen molar-refractivity contribution in [1.29, 1.82) is 0 Å². The van der Waals surface area contributed by atoms with Crippen molar-refractivity contribution in [1.82, 2.24) is 9.38 Å². The summed E-state index contributed by atoms with van der Waals surface area (Å²) in [6, 6.07) is 7.65. The van der Waals surface area contributed by atoms with Gasteiger partial charge in [-0.1, -0.05) is 17.7 Å². The molecule has 3 nitrogen and oxygen atoms in total. The molecule has 16 heavy (non-hydrogen) atoms. The van der Waals surface area contributed by atoms with E-state index in [2.05, 4.69) is 4.98 Å². The first-order chi connectivity index (χ1) is 7.75. The number of aromatic nitrogens is 2. The number of imidazole rings is 1. The Hall–Kier alpha value is -1.52. The van der Waals surface area contributed by atoms with E-state index < -0.39 is 0 Å². The highest BCUT2D eigenvalue weighted by Crippen LogP contribution is 2.30. The SMILES string of the molecule is Nc1c(-c2cccs2)nc2ccc(Cl)cn12. The second-order valence-electron chi connectivity index (χ2n) is 3.40. The lowest BCUT2D eigenvalue weighted by atomic mass is 10.3. The van der Waals surface area contributed by atoms with Crippen molar-refractivity contribution in [2.24, 2.45) is 0 Å². The second-order valence-corrected chi connectivity index (χ2v) is 4.78. The third kappa shape index (κ3) is 1.38. The molecule has 0 bridgehead atoms. The van der Waals surface area contributed by atoms with Gasteiger partial charge in [-0.3, -0.25) is 4.40 Å². The van der Waals surface area contributed by atoms with E-state index in [1.54, 1.807) is 21.9 Å². The normalized spacial score (nSPS) is 11.1. The molecule has 0 saturated heterocycles. The number of anilines is 1. The molecule has 3 aromatic rings. The van der Waals surface area contributed by atoms with Crippen LogP contribution >= 0.6 is 22.9 Å². The number of hydrogen-bond donors (Lipinski definition) is 1. The van der Waals surface area contributed by atoms with Gasteiger partial charge in [-0.25, -0.2) is 4.98 Å². The zero-order valence-electron chi connectivity index (χ0n) is 8.22. The maximum atomic E-state index is 6.05.